The standard InChI is InChI=1S/C34H31N5O6S/c1-23-18-19-38(39(46(43)44)30-13-7-11-26-10-5-6-12-28(26)30)33(41)29(23)20-31(40)36-21-24-14-16-27(17-15-24)32(35)37-34(42)45-22-25-8-3-2-4-9-25/h2-19H,20-22H2,1H3,(H,36,40)(H,43,44)(H2,35,37,42)/p-1. The molecule has 1 atom stereocenters. The van der Waals surface area contributed by atoms with Gasteiger partial charge >= 0.3 is 6.09 Å². The Labute approximate surface area is 267 Å². The molecule has 0 saturated carbocycles. The number of carbonyl (C=O) groups is 2. The van der Waals surface area contributed by atoms with E-state index in [9.17, 15) is 23.1 Å². The molecule has 0 bridgehead atoms. The van der Waals surface area contributed by atoms with Crippen LogP contribution in [0.1, 0.15) is 27.8 Å². The molecule has 1 heterocycles. The van der Waals surface area contributed by atoms with Crippen molar-refractivity contribution in [3.05, 3.63) is 147 Å². The molecule has 0 fully saturated rings. The summed E-state index contributed by atoms with van der Waals surface area (Å²) in [4.78, 5) is 42.3. The van der Waals surface area contributed by atoms with Gasteiger partial charge in [0.25, 0.3) is 5.56 Å². The van der Waals surface area contributed by atoms with Gasteiger partial charge in [-0.2, -0.15) is 4.99 Å². The summed E-state index contributed by atoms with van der Waals surface area (Å²) in [6.07, 6.45) is 0.300. The third-order valence-electron chi connectivity index (χ3n) is 7.21. The number of pyridine rings is 1. The normalized spacial score (nSPS) is 12.0. The summed E-state index contributed by atoms with van der Waals surface area (Å²) >= 11 is -2.84. The van der Waals surface area contributed by atoms with E-state index in [0.29, 0.717) is 22.2 Å². The number of benzene rings is 4. The molecule has 0 aliphatic rings. The third kappa shape index (κ3) is 7.54. The van der Waals surface area contributed by atoms with Crippen LogP contribution < -0.4 is 21.0 Å². The van der Waals surface area contributed by atoms with Crippen LogP contribution in [-0.2, 0) is 40.4 Å². The van der Waals surface area contributed by atoms with E-state index >= 15 is 0 Å². The van der Waals surface area contributed by atoms with Crippen LogP contribution in [-0.4, -0.2) is 31.3 Å². The van der Waals surface area contributed by atoms with Gasteiger partial charge in [0.2, 0.25) is 5.91 Å². The number of hydrogen-bond donors (Lipinski definition) is 2. The molecular formula is C34H30N5O6S-. The predicted octanol–water partition coefficient (Wildman–Crippen LogP) is 4.27. The number of amides is 2. The van der Waals surface area contributed by atoms with Gasteiger partial charge in [-0.1, -0.05) is 91.0 Å². The van der Waals surface area contributed by atoms with E-state index in [1.54, 1.807) is 61.5 Å². The summed E-state index contributed by atoms with van der Waals surface area (Å²) in [7, 11) is 0. The maximum atomic E-state index is 13.6. The highest BCUT2D eigenvalue weighted by Crippen LogP contribution is 2.27. The van der Waals surface area contributed by atoms with E-state index in [4.69, 9.17) is 10.5 Å². The number of anilines is 1. The molecule has 0 saturated heterocycles. The molecule has 5 rings (SSSR count). The molecule has 0 aliphatic carbocycles. The van der Waals surface area contributed by atoms with Crippen molar-refractivity contribution in [1.82, 2.24) is 9.99 Å². The fourth-order valence-electron chi connectivity index (χ4n) is 4.79. The van der Waals surface area contributed by atoms with Crippen LogP contribution in [0.5, 0.6) is 0 Å². The Bertz CT molecular complexity index is 1990. The minimum atomic E-state index is -2.84. The first-order valence-corrected chi connectivity index (χ1v) is 15.2. The van der Waals surface area contributed by atoms with Crippen molar-refractivity contribution in [2.45, 2.75) is 26.5 Å². The summed E-state index contributed by atoms with van der Waals surface area (Å²) in [6, 6.07) is 30.0. The van der Waals surface area contributed by atoms with Gasteiger partial charge in [-0.25, -0.2) is 13.9 Å². The van der Waals surface area contributed by atoms with Gasteiger partial charge < -0.3 is 20.3 Å². The number of carbonyl (C=O) groups excluding carboxylic acids is 2. The number of aromatic nitrogens is 1. The zero-order chi connectivity index (χ0) is 32.6. The zero-order valence-corrected chi connectivity index (χ0v) is 25.6. The van der Waals surface area contributed by atoms with E-state index < -0.39 is 28.8 Å². The van der Waals surface area contributed by atoms with Gasteiger partial charge in [-0.05, 0) is 41.1 Å². The van der Waals surface area contributed by atoms with Crippen molar-refractivity contribution in [3.63, 3.8) is 0 Å². The number of amidine groups is 1. The van der Waals surface area contributed by atoms with Crippen molar-refractivity contribution in [3.8, 4) is 0 Å². The first kappa shape index (κ1) is 31.8. The van der Waals surface area contributed by atoms with Crippen LogP contribution in [0.15, 0.2) is 119 Å². The van der Waals surface area contributed by atoms with Gasteiger partial charge in [-0.15, -0.1) is 0 Å². The molecule has 4 aromatic carbocycles. The molecule has 0 spiro atoms. The smallest absolute Gasteiger partial charge is 0.435 e. The van der Waals surface area contributed by atoms with Crippen LogP contribution in [0.4, 0.5) is 10.5 Å². The largest absolute Gasteiger partial charge is 0.754 e. The van der Waals surface area contributed by atoms with Crippen molar-refractivity contribution in [2.24, 2.45) is 10.7 Å². The lowest BCUT2D eigenvalue weighted by molar-refractivity contribution is -0.120. The van der Waals surface area contributed by atoms with Gasteiger partial charge in [0.05, 0.1) is 23.4 Å². The van der Waals surface area contributed by atoms with Crippen molar-refractivity contribution < 1.29 is 23.1 Å². The summed E-state index contributed by atoms with van der Waals surface area (Å²) in [5.74, 6) is -0.440. The van der Waals surface area contributed by atoms with Gasteiger partial charge in [0.15, 0.2) is 0 Å². The second kappa shape index (κ2) is 14.5. The number of aryl methyl sites for hydroxylation is 1. The summed E-state index contributed by atoms with van der Waals surface area (Å²) < 4.78 is 31.9. The van der Waals surface area contributed by atoms with Crippen molar-refractivity contribution >= 4 is 45.6 Å². The minimum absolute atomic E-state index is 0.0129. The lowest BCUT2D eigenvalue weighted by atomic mass is 10.1. The Morgan fingerprint density at radius 1 is 0.935 bits per heavy atom. The Morgan fingerprint density at radius 2 is 1.63 bits per heavy atom. The lowest BCUT2D eigenvalue weighted by Gasteiger charge is -2.29. The number of aliphatic imine (C=N–C) groups is 1. The van der Waals surface area contributed by atoms with E-state index in [1.165, 1.54) is 6.20 Å². The fraction of sp³-hybridized carbons (Fsp3) is 0.118. The van der Waals surface area contributed by atoms with E-state index in [-0.39, 0.29) is 31.0 Å². The summed E-state index contributed by atoms with van der Waals surface area (Å²) in [5, 5.41) is 4.23. The van der Waals surface area contributed by atoms with Crippen LogP contribution in [0.2, 0.25) is 0 Å². The second-order valence-electron chi connectivity index (χ2n) is 10.3. The molecule has 1 aromatic heterocycles. The highest BCUT2D eigenvalue weighted by atomic mass is 32.2. The quantitative estimate of drug-likeness (QED) is 0.132. The molecule has 11 nitrogen and oxygen atoms in total. The summed E-state index contributed by atoms with van der Waals surface area (Å²) in [6.45, 7) is 1.92. The number of rotatable bonds is 10. The van der Waals surface area contributed by atoms with Crippen molar-refractivity contribution in [1.29, 1.82) is 0 Å². The first-order valence-electron chi connectivity index (χ1n) is 14.2. The molecule has 12 heteroatoms. The van der Waals surface area contributed by atoms with E-state index in [1.807, 2.05) is 48.5 Å². The maximum Gasteiger partial charge on any atom is 0.435 e. The number of fused-ring (bicyclic) bond motifs is 1. The van der Waals surface area contributed by atoms with Crippen molar-refractivity contribution in [2.75, 3.05) is 4.41 Å². The number of nitrogens with two attached hydrogens (primary N) is 1. The summed E-state index contributed by atoms with van der Waals surface area (Å²) in [5.41, 5.74) is 8.41. The van der Waals surface area contributed by atoms with E-state index in [2.05, 4.69) is 10.3 Å². The zero-order valence-electron chi connectivity index (χ0n) is 24.8. The Hall–Kier alpha value is -5.59. The van der Waals surface area contributed by atoms with Crippen LogP contribution in [0, 0.1) is 6.92 Å². The molecule has 3 N–H and O–H groups in total. The number of nitrogens with zero attached hydrogens (tertiary/aromatic N) is 3. The minimum Gasteiger partial charge on any atom is -0.754 e. The number of nitrogens with one attached hydrogen (secondary N) is 1. The van der Waals surface area contributed by atoms with E-state index in [0.717, 1.165) is 25.6 Å². The SMILES string of the molecule is Cc1ccn(N(c2cccc3ccccc23)S(=O)[O-])c(=O)c1CC(=O)NCc1ccc(C(N)=NC(=O)OCc2ccccc2)cc1. The van der Waals surface area contributed by atoms with Crippen LogP contribution in [0.25, 0.3) is 10.8 Å². The molecule has 1 unspecified atom stereocenters. The number of ether oxygens (including phenoxy) is 1. The molecule has 0 aliphatic heterocycles. The molecular weight excluding hydrogens is 606 g/mol. The fourth-order valence-corrected chi connectivity index (χ4v) is 5.38. The average Bonchev–Trinajstić information content (AvgIpc) is 3.06. The molecule has 234 valence electrons. The molecule has 2 amide bonds. The Balaban J connectivity index is 1.24. The van der Waals surface area contributed by atoms with Gasteiger partial charge in [-0.3, -0.25) is 13.8 Å². The molecule has 46 heavy (non-hydrogen) atoms. The first-order chi connectivity index (χ1) is 22.2. The van der Waals surface area contributed by atoms with Gasteiger partial charge in [0, 0.05) is 29.3 Å². The highest BCUT2D eigenvalue weighted by molar-refractivity contribution is 7.80. The monoisotopic (exact) mass is 636 g/mol. The third-order valence-corrected chi connectivity index (χ3v) is 7.87. The van der Waals surface area contributed by atoms with Gasteiger partial charge in [0.1, 0.15) is 12.4 Å². The maximum absolute atomic E-state index is 13.6. The Morgan fingerprint density at radius 3 is 2.37 bits per heavy atom. The molecule has 0 radical (unpaired) electrons. The number of hydrogen-bond acceptors (Lipinski definition) is 6. The molecule has 5 aromatic rings. The average molecular weight is 637 g/mol. The predicted molar refractivity (Wildman–Crippen MR) is 176 cm³/mol. The Kier molecular flexibility index (Phi) is 10.0. The van der Waals surface area contributed by atoms with Crippen LogP contribution in [0.3, 0.4) is 0 Å². The highest BCUT2D eigenvalue weighted by Gasteiger charge is 2.19. The van der Waals surface area contributed by atoms with Crippen LogP contribution >= 0.6 is 0 Å². The second-order valence-corrected chi connectivity index (χ2v) is 11.1. The topological polar surface area (TPSA) is 159 Å². The lowest BCUT2D eigenvalue weighted by Crippen LogP contribution is -2.42.